The highest BCUT2D eigenvalue weighted by Gasteiger charge is 2.41. The van der Waals surface area contributed by atoms with E-state index >= 15 is 0 Å². The molecule has 0 radical (unpaired) electrons. The van der Waals surface area contributed by atoms with E-state index in [1.165, 1.54) is 27.8 Å². The molecule has 5 heteroatoms. The lowest BCUT2D eigenvalue weighted by atomic mass is 9.78. The van der Waals surface area contributed by atoms with Crippen LogP contribution in [0.15, 0.2) is 54.6 Å². The molecule has 164 valence electrons. The Balaban J connectivity index is 1.49. The van der Waals surface area contributed by atoms with E-state index in [0.717, 1.165) is 48.8 Å². The number of benzene rings is 3. The molecule has 0 bridgehead atoms. The molecule has 3 aliphatic rings. The zero-order chi connectivity index (χ0) is 21.7. The molecule has 6 rings (SSSR count). The molecule has 3 aromatic rings. The van der Waals surface area contributed by atoms with Gasteiger partial charge < -0.3 is 18.9 Å². The summed E-state index contributed by atoms with van der Waals surface area (Å²) in [5.41, 5.74) is 6.65. The number of ether oxygens (including phenoxy) is 4. The average molecular weight is 430 g/mol. The van der Waals surface area contributed by atoms with E-state index in [1.54, 1.807) is 14.2 Å². The molecule has 3 aliphatic heterocycles. The predicted octanol–water partition coefficient (Wildman–Crippen LogP) is 4.87. The summed E-state index contributed by atoms with van der Waals surface area (Å²) in [5.74, 6) is 3.40. The maximum absolute atomic E-state index is 5.92. The van der Waals surface area contributed by atoms with E-state index in [0.29, 0.717) is 12.8 Å². The number of rotatable bonds is 4. The SMILES string of the molecule is COc1ccc2c(c1OC)[C@H](Cc1ccccc1)N1CCc3cc4c(cc3[C@H]1C2)OCO4. The third kappa shape index (κ3) is 3.03. The van der Waals surface area contributed by atoms with Crippen molar-refractivity contribution in [1.82, 2.24) is 4.90 Å². The van der Waals surface area contributed by atoms with Gasteiger partial charge in [0.05, 0.1) is 14.2 Å². The second kappa shape index (κ2) is 7.75. The van der Waals surface area contributed by atoms with E-state index < -0.39 is 0 Å². The minimum absolute atomic E-state index is 0.203. The lowest BCUT2D eigenvalue weighted by molar-refractivity contribution is 0.103. The number of nitrogens with zero attached hydrogens (tertiary/aromatic N) is 1. The van der Waals surface area contributed by atoms with Gasteiger partial charge in [-0.3, -0.25) is 4.90 Å². The zero-order valence-corrected chi connectivity index (χ0v) is 18.5. The molecule has 2 atom stereocenters. The molecule has 0 saturated carbocycles. The molecule has 3 aromatic carbocycles. The van der Waals surface area contributed by atoms with Gasteiger partial charge in [0.15, 0.2) is 23.0 Å². The van der Waals surface area contributed by atoms with Crippen LogP contribution in [0.2, 0.25) is 0 Å². The lowest BCUT2D eigenvalue weighted by Crippen LogP contribution is -2.43. The van der Waals surface area contributed by atoms with E-state index in [9.17, 15) is 0 Å². The van der Waals surface area contributed by atoms with Crippen LogP contribution in [0.3, 0.4) is 0 Å². The van der Waals surface area contributed by atoms with Crippen molar-refractivity contribution in [3.05, 3.63) is 82.4 Å². The maximum Gasteiger partial charge on any atom is 0.231 e. The van der Waals surface area contributed by atoms with Crippen molar-refractivity contribution in [2.75, 3.05) is 27.6 Å². The fourth-order valence-electron chi connectivity index (χ4n) is 5.68. The Hall–Kier alpha value is -3.18. The Morgan fingerprint density at radius 3 is 2.53 bits per heavy atom. The van der Waals surface area contributed by atoms with Gasteiger partial charge in [-0.1, -0.05) is 36.4 Å². The minimum atomic E-state index is 0.203. The second-order valence-electron chi connectivity index (χ2n) is 8.69. The Morgan fingerprint density at radius 2 is 1.75 bits per heavy atom. The van der Waals surface area contributed by atoms with Gasteiger partial charge in [0, 0.05) is 24.2 Å². The highest BCUT2D eigenvalue weighted by atomic mass is 16.7. The van der Waals surface area contributed by atoms with Crippen molar-refractivity contribution in [3.8, 4) is 23.0 Å². The average Bonchev–Trinajstić information content (AvgIpc) is 3.30. The molecule has 0 unspecified atom stereocenters. The molecule has 5 nitrogen and oxygen atoms in total. The van der Waals surface area contributed by atoms with Crippen LogP contribution in [0.25, 0.3) is 0 Å². The number of hydrogen-bond donors (Lipinski definition) is 0. The van der Waals surface area contributed by atoms with Gasteiger partial charge in [0.1, 0.15) is 0 Å². The molecule has 0 aliphatic carbocycles. The smallest absolute Gasteiger partial charge is 0.231 e. The first-order valence-electron chi connectivity index (χ1n) is 11.2. The van der Waals surface area contributed by atoms with Crippen molar-refractivity contribution in [2.24, 2.45) is 0 Å². The fraction of sp³-hybridized carbons (Fsp3) is 0.333. The van der Waals surface area contributed by atoms with Gasteiger partial charge >= 0.3 is 0 Å². The maximum atomic E-state index is 5.92. The van der Waals surface area contributed by atoms with Crippen LogP contribution in [-0.4, -0.2) is 32.5 Å². The van der Waals surface area contributed by atoms with Crippen molar-refractivity contribution in [1.29, 1.82) is 0 Å². The Morgan fingerprint density at radius 1 is 0.938 bits per heavy atom. The molecule has 0 amide bonds. The third-order valence-corrected chi connectivity index (χ3v) is 7.13. The molecule has 0 saturated heterocycles. The van der Waals surface area contributed by atoms with Crippen molar-refractivity contribution in [2.45, 2.75) is 31.3 Å². The Kier molecular flexibility index (Phi) is 4.72. The fourth-order valence-corrected chi connectivity index (χ4v) is 5.68. The van der Waals surface area contributed by atoms with Crippen LogP contribution in [-0.2, 0) is 19.3 Å². The van der Waals surface area contributed by atoms with Crippen LogP contribution >= 0.6 is 0 Å². The van der Waals surface area contributed by atoms with Gasteiger partial charge in [-0.15, -0.1) is 0 Å². The van der Waals surface area contributed by atoms with Gasteiger partial charge in [0.25, 0.3) is 0 Å². The normalized spacial score (nSPS) is 20.8. The van der Waals surface area contributed by atoms with Gasteiger partial charge in [0.2, 0.25) is 6.79 Å². The van der Waals surface area contributed by atoms with Crippen molar-refractivity contribution >= 4 is 0 Å². The summed E-state index contributed by atoms with van der Waals surface area (Å²) in [7, 11) is 3.46. The van der Waals surface area contributed by atoms with E-state index in [-0.39, 0.29) is 6.04 Å². The summed E-state index contributed by atoms with van der Waals surface area (Å²) in [5, 5.41) is 0. The van der Waals surface area contributed by atoms with Crippen LogP contribution in [0.4, 0.5) is 0 Å². The number of hydrogen-bond acceptors (Lipinski definition) is 5. The molecule has 3 heterocycles. The number of methoxy groups -OCH3 is 2. The lowest BCUT2D eigenvalue weighted by Gasteiger charge is -2.47. The second-order valence-corrected chi connectivity index (χ2v) is 8.69. The Labute approximate surface area is 188 Å². The molecule has 32 heavy (non-hydrogen) atoms. The van der Waals surface area contributed by atoms with Crippen LogP contribution in [0.5, 0.6) is 23.0 Å². The highest BCUT2D eigenvalue weighted by molar-refractivity contribution is 5.56. The summed E-state index contributed by atoms with van der Waals surface area (Å²) in [4.78, 5) is 2.65. The van der Waals surface area contributed by atoms with Crippen LogP contribution in [0, 0.1) is 0 Å². The quantitative estimate of drug-likeness (QED) is 0.592. The summed E-state index contributed by atoms with van der Waals surface area (Å²) >= 11 is 0. The monoisotopic (exact) mass is 429 g/mol. The highest BCUT2D eigenvalue weighted by Crippen LogP contribution is 2.51. The summed E-state index contributed by atoms with van der Waals surface area (Å²) in [6.07, 6.45) is 2.86. The summed E-state index contributed by atoms with van der Waals surface area (Å²) in [6, 6.07) is 19.9. The summed E-state index contributed by atoms with van der Waals surface area (Å²) in [6.45, 7) is 1.30. The first-order valence-corrected chi connectivity index (χ1v) is 11.2. The topological polar surface area (TPSA) is 40.2 Å². The van der Waals surface area contributed by atoms with Crippen molar-refractivity contribution < 1.29 is 18.9 Å². The van der Waals surface area contributed by atoms with Crippen LogP contribution < -0.4 is 18.9 Å². The van der Waals surface area contributed by atoms with E-state index in [1.807, 2.05) is 6.07 Å². The van der Waals surface area contributed by atoms with Gasteiger partial charge in [-0.05, 0) is 59.7 Å². The standard InChI is InChI=1S/C27H27NO4/c1-29-23-9-8-19-13-21-20-15-25-24(31-16-32-25)14-18(20)10-11-28(21)22(26(19)27(23)30-2)12-17-6-4-3-5-7-17/h3-9,14-15,21-22H,10-13,16H2,1-2H3/t21-,22+/m1/s1. The molecule has 0 spiro atoms. The zero-order valence-electron chi connectivity index (χ0n) is 18.5. The van der Waals surface area contributed by atoms with Crippen LogP contribution in [0.1, 0.15) is 39.9 Å². The molecular formula is C27H27NO4. The van der Waals surface area contributed by atoms with Gasteiger partial charge in [-0.2, -0.15) is 0 Å². The molecule has 0 fully saturated rings. The third-order valence-electron chi connectivity index (χ3n) is 7.13. The van der Waals surface area contributed by atoms with Gasteiger partial charge in [-0.25, -0.2) is 0 Å². The first-order chi connectivity index (χ1) is 15.8. The predicted molar refractivity (Wildman–Crippen MR) is 122 cm³/mol. The Bertz CT molecular complexity index is 1160. The molecular weight excluding hydrogens is 402 g/mol. The summed E-state index contributed by atoms with van der Waals surface area (Å²) < 4.78 is 23.0. The molecule has 0 aromatic heterocycles. The minimum Gasteiger partial charge on any atom is -0.493 e. The van der Waals surface area contributed by atoms with Crippen molar-refractivity contribution in [3.63, 3.8) is 0 Å². The largest absolute Gasteiger partial charge is 0.493 e. The first kappa shape index (κ1) is 19.5. The van der Waals surface area contributed by atoms with E-state index in [2.05, 4.69) is 53.4 Å². The van der Waals surface area contributed by atoms with E-state index in [4.69, 9.17) is 18.9 Å². The molecule has 0 N–H and O–H groups in total. The number of fused-ring (bicyclic) bond motifs is 5.